The Hall–Kier alpha value is -2.15. The molecule has 1 amide bonds. The lowest BCUT2D eigenvalue weighted by Crippen LogP contribution is -2.42. The molecule has 2 aromatic rings. The molecule has 4 N–H and O–H groups in total. The largest absolute Gasteiger partial charge is 0.464 e. The average molecular weight is 249 g/mol. The number of carboxylic acid groups (broad SMARTS) is 1. The molecule has 7 nitrogen and oxygen atoms in total. The number of H-pyrrole nitrogens is 1. The second-order valence-corrected chi connectivity index (χ2v) is 4.39. The van der Waals surface area contributed by atoms with E-state index < -0.39 is 12.1 Å². The number of nitrogens with one attached hydrogen (secondary N) is 1. The van der Waals surface area contributed by atoms with Crippen LogP contribution in [0.5, 0.6) is 0 Å². The third-order valence-electron chi connectivity index (χ3n) is 2.73. The normalized spacial score (nSPS) is 12.9. The standard InChI is InChI=1S/C11H15N5O2/c1-6(2)9(16(12)11(17)18)8-5-14-10-7(15-8)3-4-13-10/h3-6,9H,12H2,1-2H3,(H,13,14)(H,17,18). The van der Waals surface area contributed by atoms with Crippen molar-refractivity contribution in [1.82, 2.24) is 20.0 Å². The lowest BCUT2D eigenvalue weighted by atomic mass is 10.0. The SMILES string of the molecule is CC(C)C(c1cnc2[nH]ccc2n1)N(N)C(=O)O. The number of aromatic amines is 1. The highest BCUT2D eigenvalue weighted by molar-refractivity contribution is 5.70. The van der Waals surface area contributed by atoms with Crippen molar-refractivity contribution in [1.29, 1.82) is 0 Å². The van der Waals surface area contributed by atoms with Gasteiger partial charge in [0.2, 0.25) is 0 Å². The summed E-state index contributed by atoms with van der Waals surface area (Å²) in [7, 11) is 0. The Morgan fingerprint density at radius 3 is 2.89 bits per heavy atom. The van der Waals surface area contributed by atoms with Gasteiger partial charge in [-0.25, -0.2) is 25.6 Å². The van der Waals surface area contributed by atoms with Crippen LogP contribution >= 0.6 is 0 Å². The van der Waals surface area contributed by atoms with Crippen molar-refractivity contribution in [2.45, 2.75) is 19.9 Å². The quantitative estimate of drug-likeness (QED) is 0.434. The van der Waals surface area contributed by atoms with Crippen molar-refractivity contribution < 1.29 is 9.90 Å². The van der Waals surface area contributed by atoms with E-state index in [0.29, 0.717) is 16.9 Å². The summed E-state index contributed by atoms with van der Waals surface area (Å²) in [4.78, 5) is 22.5. The number of aromatic nitrogens is 3. The second kappa shape index (κ2) is 4.61. The third-order valence-corrected chi connectivity index (χ3v) is 2.73. The highest BCUT2D eigenvalue weighted by atomic mass is 16.4. The summed E-state index contributed by atoms with van der Waals surface area (Å²) in [5.74, 6) is 5.57. The first-order valence-corrected chi connectivity index (χ1v) is 5.57. The number of hydrazine groups is 1. The zero-order valence-electron chi connectivity index (χ0n) is 10.2. The van der Waals surface area contributed by atoms with Crippen LogP contribution < -0.4 is 5.84 Å². The highest BCUT2D eigenvalue weighted by Gasteiger charge is 2.27. The number of nitrogens with two attached hydrogens (primary N) is 1. The van der Waals surface area contributed by atoms with Crippen LogP contribution in [-0.4, -0.2) is 31.2 Å². The number of hydrogen-bond donors (Lipinski definition) is 3. The molecule has 0 aliphatic carbocycles. The van der Waals surface area contributed by atoms with Crippen LogP contribution in [0.25, 0.3) is 11.2 Å². The molecule has 0 spiro atoms. The molecule has 0 radical (unpaired) electrons. The van der Waals surface area contributed by atoms with E-state index in [1.807, 2.05) is 13.8 Å². The molecule has 2 aromatic heterocycles. The zero-order chi connectivity index (χ0) is 13.3. The highest BCUT2D eigenvalue weighted by Crippen LogP contribution is 2.25. The van der Waals surface area contributed by atoms with Gasteiger partial charge < -0.3 is 10.1 Å². The molecule has 0 fully saturated rings. The van der Waals surface area contributed by atoms with E-state index >= 15 is 0 Å². The van der Waals surface area contributed by atoms with Crippen molar-refractivity contribution in [2.75, 3.05) is 0 Å². The molecule has 0 bridgehead atoms. The molecule has 96 valence electrons. The molecule has 0 aromatic carbocycles. The average Bonchev–Trinajstić information content (AvgIpc) is 2.75. The summed E-state index contributed by atoms with van der Waals surface area (Å²) in [6.45, 7) is 3.77. The Labute approximate surface area is 104 Å². The fraction of sp³-hybridized carbons (Fsp3) is 0.364. The maximum absolute atomic E-state index is 11.0. The summed E-state index contributed by atoms with van der Waals surface area (Å²) < 4.78 is 0. The van der Waals surface area contributed by atoms with Crippen LogP contribution in [0.3, 0.4) is 0 Å². The smallest absolute Gasteiger partial charge is 0.422 e. The maximum atomic E-state index is 11.0. The number of amides is 1. The van der Waals surface area contributed by atoms with E-state index in [9.17, 15) is 4.79 Å². The van der Waals surface area contributed by atoms with Gasteiger partial charge in [-0.2, -0.15) is 0 Å². The first-order chi connectivity index (χ1) is 8.50. The van der Waals surface area contributed by atoms with Crippen molar-refractivity contribution >= 4 is 17.3 Å². The number of carbonyl (C=O) groups is 1. The van der Waals surface area contributed by atoms with E-state index in [1.54, 1.807) is 18.5 Å². The fourth-order valence-corrected chi connectivity index (χ4v) is 1.91. The van der Waals surface area contributed by atoms with Crippen molar-refractivity contribution in [3.8, 4) is 0 Å². The topological polar surface area (TPSA) is 108 Å². The van der Waals surface area contributed by atoms with E-state index in [-0.39, 0.29) is 5.92 Å². The third kappa shape index (κ3) is 2.12. The Morgan fingerprint density at radius 1 is 1.56 bits per heavy atom. The molecule has 18 heavy (non-hydrogen) atoms. The summed E-state index contributed by atoms with van der Waals surface area (Å²) in [6, 6.07) is 1.26. The van der Waals surface area contributed by atoms with Gasteiger partial charge in [0.25, 0.3) is 0 Å². The van der Waals surface area contributed by atoms with Gasteiger partial charge in [-0.1, -0.05) is 13.8 Å². The van der Waals surface area contributed by atoms with Gasteiger partial charge in [0, 0.05) is 6.20 Å². The number of fused-ring (bicyclic) bond motifs is 1. The Kier molecular flexibility index (Phi) is 3.15. The number of hydrogen-bond acceptors (Lipinski definition) is 4. The molecule has 2 heterocycles. The molecular weight excluding hydrogens is 234 g/mol. The molecule has 1 atom stereocenters. The Morgan fingerprint density at radius 2 is 2.28 bits per heavy atom. The fourth-order valence-electron chi connectivity index (χ4n) is 1.91. The van der Waals surface area contributed by atoms with E-state index in [0.717, 1.165) is 5.01 Å². The van der Waals surface area contributed by atoms with Crippen molar-refractivity contribution in [3.05, 3.63) is 24.2 Å². The molecule has 2 rings (SSSR count). The minimum atomic E-state index is -1.19. The predicted molar refractivity (Wildman–Crippen MR) is 65.5 cm³/mol. The molecular formula is C11H15N5O2. The molecule has 1 unspecified atom stereocenters. The van der Waals surface area contributed by atoms with Gasteiger partial charge in [0.05, 0.1) is 17.9 Å². The van der Waals surface area contributed by atoms with Crippen LogP contribution in [0.4, 0.5) is 4.79 Å². The van der Waals surface area contributed by atoms with E-state index in [2.05, 4.69) is 15.0 Å². The summed E-state index contributed by atoms with van der Waals surface area (Å²) in [5, 5.41) is 9.75. The summed E-state index contributed by atoms with van der Waals surface area (Å²) in [6.07, 6.45) is 2.09. The Balaban J connectivity index is 2.44. The number of rotatable bonds is 3. The predicted octanol–water partition coefficient (Wildman–Crippen LogP) is 1.51. The van der Waals surface area contributed by atoms with Gasteiger partial charge in [-0.3, -0.25) is 0 Å². The summed E-state index contributed by atoms with van der Waals surface area (Å²) >= 11 is 0. The monoisotopic (exact) mass is 249 g/mol. The minimum Gasteiger partial charge on any atom is -0.464 e. The number of nitrogens with zero attached hydrogens (tertiary/aromatic N) is 3. The van der Waals surface area contributed by atoms with Crippen LogP contribution in [-0.2, 0) is 0 Å². The maximum Gasteiger partial charge on any atom is 0.422 e. The van der Waals surface area contributed by atoms with Crippen molar-refractivity contribution in [3.63, 3.8) is 0 Å². The zero-order valence-corrected chi connectivity index (χ0v) is 10.2. The molecule has 0 saturated carbocycles. The van der Waals surface area contributed by atoms with Gasteiger partial charge in [0.15, 0.2) is 5.65 Å². The Bertz CT molecular complexity index is 565. The van der Waals surface area contributed by atoms with E-state index in [4.69, 9.17) is 10.9 Å². The summed E-state index contributed by atoms with van der Waals surface area (Å²) in [5.41, 5.74) is 1.90. The molecule has 0 aliphatic heterocycles. The molecule has 7 heteroatoms. The van der Waals surface area contributed by atoms with Crippen LogP contribution in [0.1, 0.15) is 25.6 Å². The second-order valence-electron chi connectivity index (χ2n) is 4.39. The first-order valence-electron chi connectivity index (χ1n) is 5.57. The van der Waals surface area contributed by atoms with E-state index in [1.165, 1.54) is 0 Å². The van der Waals surface area contributed by atoms with Crippen LogP contribution in [0, 0.1) is 5.92 Å². The van der Waals surface area contributed by atoms with Gasteiger partial charge in [0.1, 0.15) is 5.52 Å². The van der Waals surface area contributed by atoms with Crippen LogP contribution in [0.15, 0.2) is 18.5 Å². The van der Waals surface area contributed by atoms with Gasteiger partial charge in [-0.15, -0.1) is 0 Å². The van der Waals surface area contributed by atoms with Crippen LogP contribution in [0.2, 0.25) is 0 Å². The molecule has 0 aliphatic rings. The lowest BCUT2D eigenvalue weighted by Gasteiger charge is -2.27. The first kappa shape index (κ1) is 12.3. The molecule has 0 saturated heterocycles. The van der Waals surface area contributed by atoms with Gasteiger partial charge in [-0.05, 0) is 12.0 Å². The minimum absolute atomic E-state index is 0.00297. The van der Waals surface area contributed by atoms with Crippen molar-refractivity contribution in [2.24, 2.45) is 11.8 Å². The van der Waals surface area contributed by atoms with Gasteiger partial charge >= 0.3 is 6.09 Å². The lowest BCUT2D eigenvalue weighted by molar-refractivity contribution is 0.108.